The summed E-state index contributed by atoms with van der Waals surface area (Å²) in [5, 5.41) is 9.70. The number of hydrogen-bond acceptors (Lipinski definition) is 3. The molecule has 4 heteroatoms. The minimum Gasteiger partial charge on any atom is -0.493 e. The highest BCUT2D eigenvalue weighted by Crippen LogP contribution is 2.25. The molecule has 0 spiro atoms. The van der Waals surface area contributed by atoms with Crippen LogP contribution in [0.2, 0.25) is 5.02 Å². The van der Waals surface area contributed by atoms with Crippen LogP contribution in [0.5, 0.6) is 5.75 Å². The van der Waals surface area contributed by atoms with Crippen LogP contribution in [0.15, 0.2) is 18.2 Å². The Labute approximate surface area is 94.8 Å². The van der Waals surface area contributed by atoms with Crippen LogP contribution in [-0.2, 0) is 6.54 Å². The molecule has 1 atom stereocenters. The second-order valence-corrected chi connectivity index (χ2v) is 3.81. The van der Waals surface area contributed by atoms with Gasteiger partial charge >= 0.3 is 0 Å². The maximum absolute atomic E-state index is 9.08. The fourth-order valence-corrected chi connectivity index (χ4v) is 1.45. The summed E-state index contributed by atoms with van der Waals surface area (Å²) in [6, 6.07) is 5.43. The molecule has 1 aromatic rings. The maximum Gasteiger partial charge on any atom is 0.125 e. The number of halogens is 1. The zero-order valence-corrected chi connectivity index (χ0v) is 9.50. The first-order valence-corrected chi connectivity index (χ1v) is 5.31. The van der Waals surface area contributed by atoms with Gasteiger partial charge in [-0.2, -0.15) is 0 Å². The van der Waals surface area contributed by atoms with Crippen LogP contribution in [0.25, 0.3) is 0 Å². The second kappa shape index (κ2) is 5.95. The van der Waals surface area contributed by atoms with Gasteiger partial charge in [0.15, 0.2) is 0 Å². The van der Waals surface area contributed by atoms with E-state index in [1.807, 2.05) is 12.1 Å². The topological polar surface area (TPSA) is 55.5 Å². The molecule has 15 heavy (non-hydrogen) atoms. The highest BCUT2D eigenvalue weighted by Gasteiger charge is 2.06. The van der Waals surface area contributed by atoms with Crippen molar-refractivity contribution in [3.8, 4) is 5.75 Å². The zero-order valence-electron chi connectivity index (χ0n) is 8.74. The van der Waals surface area contributed by atoms with Crippen LogP contribution in [0.1, 0.15) is 18.9 Å². The maximum atomic E-state index is 9.08. The van der Waals surface area contributed by atoms with Gasteiger partial charge in [-0.25, -0.2) is 0 Å². The minimum absolute atomic E-state index is 0.351. The normalized spacial score (nSPS) is 12.5. The Balaban J connectivity index is 2.64. The van der Waals surface area contributed by atoms with E-state index in [4.69, 9.17) is 27.2 Å². The van der Waals surface area contributed by atoms with E-state index in [0.29, 0.717) is 30.3 Å². The fourth-order valence-electron chi connectivity index (χ4n) is 1.21. The third-order valence-corrected chi connectivity index (χ3v) is 2.43. The highest BCUT2D eigenvalue weighted by atomic mass is 35.5. The third-order valence-electron chi connectivity index (χ3n) is 2.07. The summed E-state index contributed by atoms with van der Waals surface area (Å²) in [5.74, 6) is 0.700. The summed E-state index contributed by atoms with van der Waals surface area (Å²) in [6.45, 7) is 2.54. The Morgan fingerprint density at radius 3 is 2.87 bits per heavy atom. The molecule has 3 nitrogen and oxygen atoms in total. The molecule has 0 fully saturated rings. The molecule has 0 saturated heterocycles. The summed E-state index contributed by atoms with van der Waals surface area (Å²) in [5.41, 5.74) is 6.38. The number of rotatable bonds is 5. The molecule has 1 rings (SSSR count). The summed E-state index contributed by atoms with van der Waals surface area (Å²) < 4.78 is 5.50. The summed E-state index contributed by atoms with van der Waals surface area (Å²) in [6.07, 6.45) is 0.238. The average molecular weight is 230 g/mol. The smallest absolute Gasteiger partial charge is 0.125 e. The van der Waals surface area contributed by atoms with Gasteiger partial charge < -0.3 is 15.6 Å². The van der Waals surface area contributed by atoms with Crippen molar-refractivity contribution >= 4 is 11.6 Å². The molecular weight excluding hydrogens is 214 g/mol. The lowest BCUT2D eigenvalue weighted by Crippen LogP contribution is -2.09. The van der Waals surface area contributed by atoms with Gasteiger partial charge in [-0.05, 0) is 19.1 Å². The van der Waals surface area contributed by atoms with Crippen LogP contribution in [-0.4, -0.2) is 17.8 Å². The first-order valence-electron chi connectivity index (χ1n) is 4.93. The molecule has 0 saturated carbocycles. The largest absolute Gasteiger partial charge is 0.493 e. The van der Waals surface area contributed by atoms with E-state index in [-0.39, 0.29) is 6.10 Å². The van der Waals surface area contributed by atoms with Crippen molar-refractivity contribution in [2.75, 3.05) is 6.61 Å². The SMILES string of the molecule is CC(O)CCOc1cccc(Cl)c1CN. The van der Waals surface area contributed by atoms with Crippen molar-refractivity contribution in [1.29, 1.82) is 0 Å². The first kappa shape index (κ1) is 12.3. The number of ether oxygens (including phenoxy) is 1. The van der Waals surface area contributed by atoms with Crippen LogP contribution >= 0.6 is 11.6 Å². The minimum atomic E-state index is -0.356. The summed E-state index contributed by atoms with van der Waals surface area (Å²) >= 11 is 5.96. The molecule has 0 amide bonds. The number of benzene rings is 1. The standard InChI is InChI=1S/C11H16ClNO2/c1-8(14)5-6-15-11-4-2-3-10(12)9(11)7-13/h2-4,8,14H,5-7,13H2,1H3. The van der Waals surface area contributed by atoms with E-state index in [1.54, 1.807) is 13.0 Å². The molecule has 0 radical (unpaired) electrons. The number of nitrogens with two attached hydrogens (primary N) is 1. The van der Waals surface area contributed by atoms with Gasteiger partial charge in [0.1, 0.15) is 5.75 Å². The Kier molecular flexibility index (Phi) is 4.88. The molecule has 0 aliphatic carbocycles. The highest BCUT2D eigenvalue weighted by molar-refractivity contribution is 6.31. The van der Waals surface area contributed by atoms with Gasteiger partial charge in [0.2, 0.25) is 0 Å². The lowest BCUT2D eigenvalue weighted by molar-refractivity contribution is 0.155. The predicted molar refractivity (Wildman–Crippen MR) is 61.1 cm³/mol. The van der Waals surface area contributed by atoms with Crippen molar-refractivity contribution in [1.82, 2.24) is 0 Å². The monoisotopic (exact) mass is 229 g/mol. The molecule has 0 aliphatic heterocycles. The van der Waals surface area contributed by atoms with E-state index < -0.39 is 0 Å². The Morgan fingerprint density at radius 1 is 1.53 bits per heavy atom. The Morgan fingerprint density at radius 2 is 2.27 bits per heavy atom. The van der Waals surface area contributed by atoms with Crippen molar-refractivity contribution in [3.05, 3.63) is 28.8 Å². The van der Waals surface area contributed by atoms with Crippen LogP contribution in [0.4, 0.5) is 0 Å². The van der Waals surface area contributed by atoms with E-state index in [9.17, 15) is 0 Å². The number of aliphatic hydroxyl groups excluding tert-OH is 1. The van der Waals surface area contributed by atoms with Gasteiger partial charge in [-0.15, -0.1) is 0 Å². The van der Waals surface area contributed by atoms with Crippen molar-refractivity contribution in [3.63, 3.8) is 0 Å². The van der Waals surface area contributed by atoms with Crippen molar-refractivity contribution in [2.45, 2.75) is 26.0 Å². The molecule has 0 aromatic heterocycles. The second-order valence-electron chi connectivity index (χ2n) is 3.41. The van der Waals surface area contributed by atoms with Gasteiger partial charge in [0.05, 0.1) is 12.7 Å². The van der Waals surface area contributed by atoms with E-state index in [2.05, 4.69) is 0 Å². The van der Waals surface area contributed by atoms with E-state index >= 15 is 0 Å². The van der Waals surface area contributed by atoms with Crippen LogP contribution in [0.3, 0.4) is 0 Å². The molecule has 0 heterocycles. The Hall–Kier alpha value is -0.770. The van der Waals surface area contributed by atoms with Crippen LogP contribution < -0.4 is 10.5 Å². The summed E-state index contributed by atoms with van der Waals surface area (Å²) in [4.78, 5) is 0. The Bertz CT molecular complexity index is 315. The third kappa shape index (κ3) is 3.70. The lowest BCUT2D eigenvalue weighted by atomic mass is 10.2. The lowest BCUT2D eigenvalue weighted by Gasteiger charge is -2.12. The molecule has 3 N–H and O–H groups in total. The van der Waals surface area contributed by atoms with Gasteiger partial charge in [0.25, 0.3) is 0 Å². The molecule has 1 aromatic carbocycles. The van der Waals surface area contributed by atoms with Crippen molar-refractivity contribution in [2.24, 2.45) is 5.73 Å². The van der Waals surface area contributed by atoms with Crippen molar-refractivity contribution < 1.29 is 9.84 Å². The quantitative estimate of drug-likeness (QED) is 0.812. The van der Waals surface area contributed by atoms with E-state index in [1.165, 1.54) is 0 Å². The van der Waals surface area contributed by atoms with E-state index in [0.717, 1.165) is 5.56 Å². The molecular formula is C11H16ClNO2. The number of aliphatic hydroxyl groups is 1. The van der Waals surface area contributed by atoms with Crippen LogP contribution in [0, 0.1) is 0 Å². The molecule has 0 aliphatic rings. The number of hydrogen-bond donors (Lipinski definition) is 2. The molecule has 1 unspecified atom stereocenters. The zero-order chi connectivity index (χ0) is 11.3. The van der Waals surface area contributed by atoms with Gasteiger partial charge in [-0.1, -0.05) is 17.7 Å². The molecule has 0 bridgehead atoms. The fraction of sp³-hybridized carbons (Fsp3) is 0.455. The average Bonchev–Trinajstić information content (AvgIpc) is 2.17. The first-order chi connectivity index (χ1) is 7.15. The summed E-state index contributed by atoms with van der Waals surface area (Å²) in [7, 11) is 0. The van der Waals surface area contributed by atoms with Gasteiger partial charge in [0, 0.05) is 23.6 Å². The predicted octanol–water partition coefficient (Wildman–Crippen LogP) is 1.95. The van der Waals surface area contributed by atoms with Gasteiger partial charge in [-0.3, -0.25) is 0 Å². The molecule has 84 valence electrons.